The molecule has 0 spiro atoms. The number of aromatic nitrogens is 1. The molecule has 11 nitrogen and oxygen atoms in total. The number of primary amides is 1. The van der Waals surface area contributed by atoms with Gasteiger partial charge in [0.25, 0.3) is 5.91 Å². The first-order valence-corrected chi connectivity index (χ1v) is 17.6. The Morgan fingerprint density at radius 3 is 2.51 bits per heavy atom. The number of hydrogen-bond donors (Lipinski definition) is 3. The lowest BCUT2D eigenvalue weighted by molar-refractivity contribution is 0.0372. The quantitative estimate of drug-likeness (QED) is 0.322. The standard InChI is InChI=1S/C33H41F2N5O6S/c1-33(2)18-28-29(24-8-3-21(34)17-27(24)40(28)47(43,44)19-33)20-15-25(35)30(31(36)41)26(16-20)38-22-4-6-23(7-5-22)46-32(42)37-9-10-39-11-13-45-14-12-39/h3,8,15-17,22-23,38H,4-7,9-14,18-19H2,1-2H3,(H2,36,41)(H,37,42). The van der Waals surface area contributed by atoms with E-state index in [-0.39, 0.29) is 34.7 Å². The van der Waals surface area contributed by atoms with E-state index in [2.05, 4.69) is 15.5 Å². The Morgan fingerprint density at radius 2 is 1.81 bits per heavy atom. The minimum Gasteiger partial charge on any atom is -0.446 e. The van der Waals surface area contributed by atoms with Crippen molar-refractivity contribution in [3.63, 3.8) is 0 Å². The van der Waals surface area contributed by atoms with Gasteiger partial charge in [0.2, 0.25) is 10.0 Å². The van der Waals surface area contributed by atoms with Crippen LogP contribution in [0.1, 0.15) is 55.6 Å². The molecule has 0 unspecified atom stereocenters. The summed E-state index contributed by atoms with van der Waals surface area (Å²) in [4.78, 5) is 27.0. The lowest BCUT2D eigenvalue weighted by Crippen LogP contribution is -2.42. The zero-order valence-corrected chi connectivity index (χ0v) is 27.4. The molecule has 2 fully saturated rings. The van der Waals surface area contributed by atoms with Crippen LogP contribution >= 0.6 is 0 Å². The molecule has 2 aliphatic heterocycles. The Labute approximate surface area is 272 Å². The fourth-order valence-corrected chi connectivity index (χ4v) is 9.30. The Kier molecular flexibility index (Phi) is 9.20. The van der Waals surface area contributed by atoms with Gasteiger partial charge < -0.3 is 25.8 Å². The summed E-state index contributed by atoms with van der Waals surface area (Å²) < 4.78 is 69.2. The Balaban J connectivity index is 1.21. The van der Waals surface area contributed by atoms with Crippen LogP contribution in [0.5, 0.6) is 0 Å². The second kappa shape index (κ2) is 13.0. The zero-order chi connectivity index (χ0) is 33.5. The number of benzene rings is 2. The lowest BCUT2D eigenvalue weighted by atomic mass is 9.87. The third-order valence-corrected chi connectivity index (χ3v) is 11.3. The molecule has 3 aliphatic rings. The number of anilines is 1. The molecule has 254 valence electrons. The number of ether oxygens (including phenoxy) is 2. The van der Waals surface area contributed by atoms with Crippen LogP contribution in [0.15, 0.2) is 30.3 Å². The zero-order valence-electron chi connectivity index (χ0n) is 26.6. The number of morpholine rings is 1. The average molecular weight is 674 g/mol. The number of halogens is 2. The Bertz CT molecular complexity index is 1800. The summed E-state index contributed by atoms with van der Waals surface area (Å²) in [6.45, 7) is 7.94. The van der Waals surface area contributed by atoms with Crippen molar-refractivity contribution in [3.8, 4) is 11.1 Å². The summed E-state index contributed by atoms with van der Waals surface area (Å²) >= 11 is 0. The molecule has 2 amide bonds. The summed E-state index contributed by atoms with van der Waals surface area (Å²) in [7, 11) is -3.85. The van der Waals surface area contributed by atoms with Crippen LogP contribution in [0, 0.1) is 17.0 Å². The highest BCUT2D eigenvalue weighted by Gasteiger charge is 2.39. The number of carbonyl (C=O) groups excluding carboxylic acids is 2. The highest BCUT2D eigenvalue weighted by molar-refractivity contribution is 7.90. The average Bonchev–Trinajstić information content (AvgIpc) is 3.30. The van der Waals surface area contributed by atoms with Gasteiger partial charge in [0, 0.05) is 48.9 Å². The molecule has 14 heteroatoms. The third-order valence-electron chi connectivity index (χ3n) is 9.21. The molecular formula is C33H41F2N5O6S. The lowest BCUT2D eigenvalue weighted by Gasteiger charge is -2.32. The van der Waals surface area contributed by atoms with Crippen molar-refractivity contribution in [1.29, 1.82) is 0 Å². The van der Waals surface area contributed by atoms with Gasteiger partial charge in [0.05, 0.1) is 35.7 Å². The first-order valence-electron chi connectivity index (χ1n) is 16.0. The van der Waals surface area contributed by atoms with Crippen molar-refractivity contribution >= 4 is 38.6 Å². The van der Waals surface area contributed by atoms with E-state index in [9.17, 15) is 22.4 Å². The van der Waals surface area contributed by atoms with Crippen LogP contribution in [0.25, 0.3) is 22.0 Å². The van der Waals surface area contributed by atoms with Crippen molar-refractivity contribution in [2.45, 2.75) is 58.1 Å². The van der Waals surface area contributed by atoms with Crippen LogP contribution in [0.4, 0.5) is 19.3 Å². The fraction of sp³-hybridized carbons (Fsp3) is 0.515. The van der Waals surface area contributed by atoms with Crippen molar-refractivity contribution in [1.82, 2.24) is 14.2 Å². The molecule has 1 aliphatic carbocycles. The fourth-order valence-electron chi connectivity index (χ4n) is 7.14. The number of fused-ring (bicyclic) bond motifs is 3. The van der Waals surface area contributed by atoms with Gasteiger partial charge in [-0.15, -0.1) is 0 Å². The van der Waals surface area contributed by atoms with Gasteiger partial charge in [0.1, 0.15) is 17.7 Å². The minimum absolute atomic E-state index is 0.128. The maximum absolute atomic E-state index is 15.7. The number of rotatable bonds is 8. The SMILES string of the molecule is CC1(C)Cc2c(-c3cc(F)c(C(N)=O)c(NC4CCC(OC(=O)NCCN5CCOCC5)CC4)c3)c3ccc(F)cc3n2S(=O)(=O)C1. The maximum Gasteiger partial charge on any atom is 0.407 e. The van der Waals surface area contributed by atoms with Gasteiger partial charge in [-0.1, -0.05) is 13.8 Å². The van der Waals surface area contributed by atoms with E-state index in [1.165, 1.54) is 28.2 Å². The van der Waals surface area contributed by atoms with Crippen LogP contribution in [-0.2, 0) is 25.9 Å². The first-order chi connectivity index (χ1) is 22.3. The van der Waals surface area contributed by atoms with Gasteiger partial charge in [-0.3, -0.25) is 9.69 Å². The highest BCUT2D eigenvalue weighted by atomic mass is 32.2. The van der Waals surface area contributed by atoms with Crippen LogP contribution in [0.3, 0.4) is 0 Å². The number of amides is 2. The molecule has 4 N–H and O–H groups in total. The second-order valence-corrected chi connectivity index (χ2v) is 15.3. The van der Waals surface area contributed by atoms with Crippen LogP contribution < -0.4 is 16.4 Å². The van der Waals surface area contributed by atoms with Gasteiger partial charge in [-0.05, 0) is 73.4 Å². The third kappa shape index (κ3) is 7.09. The molecule has 3 aromatic rings. The smallest absolute Gasteiger partial charge is 0.407 e. The highest BCUT2D eigenvalue weighted by Crippen LogP contribution is 2.44. The van der Waals surface area contributed by atoms with Gasteiger partial charge in [-0.25, -0.2) is 26.0 Å². The molecule has 2 aromatic carbocycles. The number of nitrogens with zero attached hydrogens (tertiary/aromatic N) is 2. The van der Waals surface area contributed by atoms with Gasteiger partial charge in [0.15, 0.2) is 0 Å². The molecule has 1 saturated carbocycles. The summed E-state index contributed by atoms with van der Waals surface area (Å²) in [5.41, 5.74) is 6.31. The molecule has 6 rings (SSSR count). The predicted molar refractivity (Wildman–Crippen MR) is 174 cm³/mol. The Hall–Kier alpha value is -3.75. The van der Waals surface area contributed by atoms with E-state index in [1.54, 1.807) is 6.07 Å². The van der Waals surface area contributed by atoms with E-state index >= 15 is 4.39 Å². The maximum atomic E-state index is 15.7. The molecule has 0 radical (unpaired) electrons. The summed E-state index contributed by atoms with van der Waals surface area (Å²) in [6, 6.07) is 6.55. The van der Waals surface area contributed by atoms with E-state index in [4.69, 9.17) is 15.2 Å². The minimum atomic E-state index is -3.85. The van der Waals surface area contributed by atoms with Gasteiger partial charge in [-0.2, -0.15) is 0 Å². The van der Waals surface area contributed by atoms with E-state index < -0.39 is 39.1 Å². The van der Waals surface area contributed by atoms with Crippen molar-refractivity contribution < 1.29 is 36.3 Å². The van der Waals surface area contributed by atoms with Crippen LogP contribution in [-0.4, -0.2) is 86.6 Å². The van der Waals surface area contributed by atoms with Crippen molar-refractivity contribution in [3.05, 3.63) is 53.2 Å². The molecule has 47 heavy (non-hydrogen) atoms. The largest absolute Gasteiger partial charge is 0.446 e. The number of alkyl carbamates (subject to hydrolysis) is 1. The number of carbonyl (C=O) groups is 2. The molecule has 1 aromatic heterocycles. The predicted octanol–water partition coefficient (Wildman–Crippen LogP) is 4.23. The van der Waals surface area contributed by atoms with Crippen molar-refractivity contribution in [2.75, 3.05) is 50.5 Å². The molecule has 1 saturated heterocycles. The summed E-state index contributed by atoms with van der Waals surface area (Å²) in [5, 5.41) is 6.56. The normalized spacial score (nSPS) is 22.4. The molecule has 0 atom stereocenters. The number of hydrogen-bond acceptors (Lipinski definition) is 8. The van der Waals surface area contributed by atoms with Crippen LogP contribution in [0.2, 0.25) is 0 Å². The number of nitrogens with one attached hydrogen (secondary N) is 2. The molecule has 3 heterocycles. The Morgan fingerprint density at radius 1 is 1.09 bits per heavy atom. The van der Waals surface area contributed by atoms with Crippen molar-refractivity contribution in [2.24, 2.45) is 11.1 Å². The van der Waals surface area contributed by atoms with E-state index in [1.807, 2.05) is 13.8 Å². The topological polar surface area (TPSA) is 145 Å². The van der Waals surface area contributed by atoms with E-state index in [0.717, 1.165) is 19.6 Å². The number of nitrogens with two attached hydrogens (primary N) is 1. The van der Waals surface area contributed by atoms with E-state index in [0.29, 0.717) is 74.1 Å². The molecule has 0 bridgehead atoms. The summed E-state index contributed by atoms with van der Waals surface area (Å²) in [6.07, 6.45) is 1.92. The second-order valence-electron chi connectivity index (χ2n) is 13.5. The molecular weight excluding hydrogens is 632 g/mol. The monoisotopic (exact) mass is 673 g/mol. The summed E-state index contributed by atoms with van der Waals surface area (Å²) in [5.74, 6) is -2.52. The first kappa shape index (κ1) is 33.2. The van der Waals surface area contributed by atoms with Gasteiger partial charge >= 0.3 is 6.09 Å².